The number of anilines is 1. The van der Waals surface area contributed by atoms with Gasteiger partial charge >= 0.3 is 0 Å². The number of hydrogen-bond donors (Lipinski definition) is 3. The summed E-state index contributed by atoms with van der Waals surface area (Å²) < 4.78 is 1.40. The summed E-state index contributed by atoms with van der Waals surface area (Å²) in [5.41, 5.74) is 5.65. The second-order valence-electron chi connectivity index (χ2n) is 5.02. The lowest BCUT2D eigenvalue weighted by molar-refractivity contribution is -0.119. The Balaban J connectivity index is 1.91. The average molecular weight is 265 g/mol. The maximum Gasteiger partial charge on any atom is 0.241 e. The molecule has 1 saturated heterocycles. The van der Waals surface area contributed by atoms with Gasteiger partial charge in [-0.05, 0) is 25.3 Å². The summed E-state index contributed by atoms with van der Waals surface area (Å²) in [7, 11) is 0. The van der Waals surface area contributed by atoms with Crippen molar-refractivity contribution in [1.29, 1.82) is 0 Å². The van der Waals surface area contributed by atoms with Crippen molar-refractivity contribution < 1.29 is 9.59 Å². The van der Waals surface area contributed by atoms with Crippen LogP contribution in [0.1, 0.15) is 19.8 Å². The van der Waals surface area contributed by atoms with Gasteiger partial charge in [-0.1, -0.05) is 6.92 Å². The van der Waals surface area contributed by atoms with Crippen molar-refractivity contribution in [3.8, 4) is 0 Å². The molecule has 0 bridgehead atoms. The number of carbonyl (C=O) groups is 2. The van der Waals surface area contributed by atoms with Gasteiger partial charge in [0.15, 0.2) is 0 Å². The molecule has 2 heterocycles. The quantitative estimate of drug-likeness (QED) is 0.695. The molecule has 7 heteroatoms. The lowest BCUT2D eigenvalue weighted by atomic mass is 9.94. The lowest BCUT2D eigenvalue weighted by Crippen LogP contribution is -2.45. The van der Waals surface area contributed by atoms with Crippen LogP contribution in [0.15, 0.2) is 12.4 Å². The molecule has 0 saturated carbocycles. The first-order valence-electron chi connectivity index (χ1n) is 6.39. The summed E-state index contributed by atoms with van der Waals surface area (Å²) >= 11 is 0. The van der Waals surface area contributed by atoms with Crippen LogP contribution in [0.3, 0.4) is 0 Å². The Hall–Kier alpha value is -1.89. The normalized spacial score (nSPS) is 23.0. The molecule has 4 N–H and O–H groups in total. The van der Waals surface area contributed by atoms with Crippen LogP contribution in [0.25, 0.3) is 0 Å². The Morgan fingerprint density at radius 1 is 1.63 bits per heavy atom. The van der Waals surface area contributed by atoms with E-state index in [0.717, 1.165) is 19.4 Å². The van der Waals surface area contributed by atoms with E-state index in [1.807, 2.05) is 0 Å². The zero-order chi connectivity index (χ0) is 13.8. The van der Waals surface area contributed by atoms with Crippen LogP contribution >= 0.6 is 0 Å². The van der Waals surface area contributed by atoms with E-state index in [1.165, 1.54) is 10.9 Å². The van der Waals surface area contributed by atoms with Crippen molar-refractivity contribution in [3.63, 3.8) is 0 Å². The van der Waals surface area contributed by atoms with Crippen LogP contribution in [-0.4, -0.2) is 34.2 Å². The predicted molar refractivity (Wildman–Crippen MR) is 70.2 cm³/mol. The summed E-state index contributed by atoms with van der Waals surface area (Å²) in [6.07, 6.45) is 5.03. The second kappa shape index (κ2) is 5.83. The third-order valence-corrected chi connectivity index (χ3v) is 3.20. The number of nitrogens with one attached hydrogen (secondary N) is 2. The van der Waals surface area contributed by atoms with E-state index in [4.69, 9.17) is 5.73 Å². The smallest absolute Gasteiger partial charge is 0.241 e. The van der Waals surface area contributed by atoms with Crippen molar-refractivity contribution in [3.05, 3.63) is 12.4 Å². The topological polar surface area (TPSA) is 102 Å². The van der Waals surface area contributed by atoms with E-state index >= 15 is 0 Å². The first kappa shape index (κ1) is 13.5. The molecule has 19 heavy (non-hydrogen) atoms. The van der Waals surface area contributed by atoms with Crippen molar-refractivity contribution in [1.82, 2.24) is 15.1 Å². The Morgan fingerprint density at radius 3 is 3.11 bits per heavy atom. The maximum absolute atomic E-state index is 12.0. The Morgan fingerprint density at radius 2 is 2.42 bits per heavy atom. The molecule has 2 amide bonds. The molecule has 1 aromatic heterocycles. The summed E-state index contributed by atoms with van der Waals surface area (Å²) in [6.45, 7) is 3.01. The van der Waals surface area contributed by atoms with Crippen molar-refractivity contribution in [2.75, 3.05) is 11.9 Å². The molecule has 1 aliphatic heterocycles. The highest BCUT2D eigenvalue weighted by Gasteiger charge is 2.24. The van der Waals surface area contributed by atoms with E-state index in [2.05, 4.69) is 22.7 Å². The van der Waals surface area contributed by atoms with Gasteiger partial charge in [-0.25, -0.2) is 0 Å². The number of aromatic nitrogens is 2. The molecule has 0 aromatic carbocycles. The molecule has 1 aliphatic rings. The van der Waals surface area contributed by atoms with Crippen LogP contribution in [0, 0.1) is 5.92 Å². The monoisotopic (exact) mass is 265 g/mol. The highest BCUT2D eigenvalue weighted by atomic mass is 16.2. The van der Waals surface area contributed by atoms with Crippen LogP contribution in [-0.2, 0) is 16.1 Å². The fourth-order valence-corrected chi connectivity index (χ4v) is 2.21. The molecule has 0 aliphatic carbocycles. The number of nitrogens with zero attached hydrogens (tertiary/aromatic N) is 2. The van der Waals surface area contributed by atoms with E-state index < -0.39 is 5.91 Å². The van der Waals surface area contributed by atoms with E-state index in [0.29, 0.717) is 11.6 Å². The molecule has 0 spiro atoms. The van der Waals surface area contributed by atoms with Crippen molar-refractivity contribution >= 4 is 17.5 Å². The van der Waals surface area contributed by atoms with Gasteiger partial charge in [-0.3, -0.25) is 14.3 Å². The minimum Gasteiger partial charge on any atom is -0.368 e. The molecular weight excluding hydrogens is 246 g/mol. The Bertz CT molecular complexity index is 470. The SMILES string of the molecule is CC1CCNC(C(=O)Nc2cnn(CC(N)=O)c2)C1. The van der Waals surface area contributed by atoms with Crippen LogP contribution in [0.5, 0.6) is 0 Å². The summed E-state index contributed by atoms with van der Waals surface area (Å²) in [5.74, 6) is 0.0171. The van der Waals surface area contributed by atoms with Crippen LogP contribution in [0.4, 0.5) is 5.69 Å². The van der Waals surface area contributed by atoms with Gasteiger partial charge in [0, 0.05) is 6.20 Å². The molecule has 1 fully saturated rings. The molecule has 2 rings (SSSR count). The van der Waals surface area contributed by atoms with Gasteiger partial charge in [0.25, 0.3) is 0 Å². The fraction of sp³-hybridized carbons (Fsp3) is 0.583. The molecular formula is C12H19N5O2. The number of primary amides is 1. The molecule has 1 aromatic rings. The number of hydrogen-bond acceptors (Lipinski definition) is 4. The highest BCUT2D eigenvalue weighted by molar-refractivity contribution is 5.94. The van der Waals surface area contributed by atoms with Gasteiger partial charge in [0.05, 0.1) is 17.9 Å². The summed E-state index contributed by atoms with van der Waals surface area (Å²) in [6, 6.07) is -0.164. The second-order valence-corrected chi connectivity index (χ2v) is 5.02. The van der Waals surface area contributed by atoms with E-state index in [1.54, 1.807) is 6.20 Å². The minimum absolute atomic E-state index is 0.00852. The van der Waals surface area contributed by atoms with E-state index in [9.17, 15) is 9.59 Å². The number of piperidine rings is 1. The molecule has 104 valence electrons. The average Bonchev–Trinajstić information content (AvgIpc) is 2.75. The molecule has 7 nitrogen and oxygen atoms in total. The van der Waals surface area contributed by atoms with Crippen LogP contribution < -0.4 is 16.4 Å². The number of amides is 2. The van der Waals surface area contributed by atoms with Crippen molar-refractivity contribution in [2.24, 2.45) is 11.7 Å². The summed E-state index contributed by atoms with van der Waals surface area (Å²) in [4.78, 5) is 22.8. The molecule has 0 radical (unpaired) electrons. The molecule has 2 unspecified atom stereocenters. The lowest BCUT2D eigenvalue weighted by Gasteiger charge is -2.26. The maximum atomic E-state index is 12.0. The Kier molecular flexibility index (Phi) is 4.16. The number of carbonyl (C=O) groups excluding carboxylic acids is 2. The third kappa shape index (κ3) is 3.78. The van der Waals surface area contributed by atoms with Gasteiger partial charge in [-0.2, -0.15) is 5.10 Å². The molecule has 2 atom stereocenters. The van der Waals surface area contributed by atoms with Crippen LogP contribution in [0.2, 0.25) is 0 Å². The minimum atomic E-state index is -0.469. The first-order chi connectivity index (χ1) is 9.04. The van der Waals surface area contributed by atoms with Gasteiger partial charge < -0.3 is 16.4 Å². The van der Waals surface area contributed by atoms with Gasteiger partial charge in [0.2, 0.25) is 11.8 Å². The number of rotatable bonds is 4. The van der Waals surface area contributed by atoms with Gasteiger partial charge in [-0.15, -0.1) is 0 Å². The fourth-order valence-electron chi connectivity index (χ4n) is 2.21. The van der Waals surface area contributed by atoms with Crippen molar-refractivity contribution in [2.45, 2.75) is 32.4 Å². The first-order valence-corrected chi connectivity index (χ1v) is 6.39. The standard InChI is InChI=1S/C12H19N5O2/c1-8-2-3-14-10(4-8)12(19)16-9-5-15-17(6-9)7-11(13)18/h5-6,8,10,14H,2-4,7H2,1H3,(H2,13,18)(H,16,19). The number of nitrogens with two attached hydrogens (primary N) is 1. The van der Waals surface area contributed by atoms with E-state index in [-0.39, 0.29) is 18.5 Å². The summed E-state index contributed by atoms with van der Waals surface area (Å²) in [5, 5.41) is 9.93. The highest BCUT2D eigenvalue weighted by Crippen LogP contribution is 2.16. The van der Waals surface area contributed by atoms with Gasteiger partial charge in [0.1, 0.15) is 6.54 Å². The third-order valence-electron chi connectivity index (χ3n) is 3.20. The Labute approximate surface area is 111 Å². The largest absolute Gasteiger partial charge is 0.368 e. The zero-order valence-electron chi connectivity index (χ0n) is 10.9. The zero-order valence-corrected chi connectivity index (χ0v) is 10.9. The predicted octanol–water partition coefficient (Wildman–Crippen LogP) is -0.305.